The van der Waals surface area contributed by atoms with Gasteiger partial charge in [-0.15, -0.1) is 35.3 Å². The van der Waals surface area contributed by atoms with Crippen molar-refractivity contribution in [3.63, 3.8) is 0 Å². The van der Waals surface area contributed by atoms with Gasteiger partial charge in [0.15, 0.2) is 0 Å². The lowest BCUT2D eigenvalue weighted by Gasteiger charge is -2.38. The van der Waals surface area contributed by atoms with Gasteiger partial charge in [-0.25, -0.2) is 0 Å². The smallest absolute Gasteiger partial charge is 0.244 e. The van der Waals surface area contributed by atoms with Gasteiger partial charge in [0.25, 0.3) is 0 Å². The third kappa shape index (κ3) is 9.59. The van der Waals surface area contributed by atoms with E-state index in [1.54, 1.807) is 18.8 Å². The third-order valence-corrected chi connectivity index (χ3v) is 12.3. The number of aryl methyl sites for hydroxylation is 1. The molecule has 11 heteroatoms. The van der Waals surface area contributed by atoms with Crippen molar-refractivity contribution in [1.82, 2.24) is 26.2 Å². The van der Waals surface area contributed by atoms with Crippen LogP contribution in [-0.2, 0) is 14.4 Å². The van der Waals surface area contributed by atoms with Crippen molar-refractivity contribution < 1.29 is 14.4 Å². The molecule has 1 aromatic carbocycles. The van der Waals surface area contributed by atoms with Crippen LogP contribution in [0.15, 0.2) is 30.3 Å². The minimum Gasteiger partial charge on any atom is -0.359 e. The van der Waals surface area contributed by atoms with E-state index in [1.807, 2.05) is 53.7 Å². The first kappa shape index (κ1) is 32.1. The van der Waals surface area contributed by atoms with Gasteiger partial charge in [0, 0.05) is 43.8 Å². The largest absolute Gasteiger partial charge is 0.359 e. The van der Waals surface area contributed by atoms with E-state index in [4.69, 9.17) is 0 Å². The molecule has 3 amide bonds. The Balaban J connectivity index is 0.000000520. The van der Waals surface area contributed by atoms with Crippen molar-refractivity contribution in [2.24, 2.45) is 0 Å². The van der Waals surface area contributed by atoms with Crippen LogP contribution < -0.4 is 21.3 Å². The van der Waals surface area contributed by atoms with Crippen molar-refractivity contribution in [2.45, 2.75) is 73.4 Å². The van der Waals surface area contributed by atoms with Crippen LogP contribution in [0.1, 0.15) is 50.5 Å². The molecule has 0 spiro atoms. The summed E-state index contributed by atoms with van der Waals surface area (Å²) in [5.74, 6) is 2.83. The van der Waals surface area contributed by atoms with E-state index in [9.17, 15) is 14.4 Å². The van der Waals surface area contributed by atoms with E-state index in [0.29, 0.717) is 18.6 Å². The van der Waals surface area contributed by atoms with Gasteiger partial charge in [0.05, 0.1) is 15.5 Å². The van der Waals surface area contributed by atoms with E-state index < -0.39 is 0 Å². The van der Waals surface area contributed by atoms with Crippen molar-refractivity contribution in [1.29, 1.82) is 0 Å². The quantitative estimate of drug-likeness (QED) is 0.216. The van der Waals surface area contributed by atoms with E-state index >= 15 is 0 Å². The lowest BCUT2D eigenvalue weighted by Crippen LogP contribution is -2.56. The Bertz CT molecular complexity index is 917. The summed E-state index contributed by atoms with van der Waals surface area (Å²) in [5.41, 5.74) is 1.32. The highest BCUT2D eigenvalue weighted by atomic mass is 32.2. The second-order valence-electron chi connectivity index (χ2n) is 10.1. The summed E-state index contributed by atoms with van der Waals surface area (Å²) in [4.78, 5) is 39.8. The number of nitrogens with zero attached hydrogens (tertiary/aromatic N) is 1. The number of benzene rings is 1. The lowest BCUT2D eigenvalue weighted by molar-refractivity contribution is -0.142. The highest BCUT2D eigenvalue weighted by molar-refractivity contribution is 8.21. The van der Waals surface area contributed by atoms with Crippen molar-refractivity contribution in [2.75, 3.05) is 44.6 Å². The third-order valence-electron chi connectivity index (χ3n) is 7.22. The fraction of sp³-hybridized carbons (Fsp3) is 0.679. The Morgan fingerprint density at radius 3 is 2.54 bits per heavy atom. The summed E-state index contributed by atoms with van der Waals surface area (Å²) in [7, 11) is 3.57. The summed E-state index contributed by atoms with van der Waals surface area (Å²) in [6.07, 6.45) is 5.38. The number of hydrogen-bond acceptors (Lipinski definition) is 8. The Labute approximate surface area is 246 Å². The number of carbonyl (C=O) groups is 3. The molecule has 218 valence electrons. The van der Waals surface area contributed by atoms with Gasteiger partial charge < -0.3 is 26.2 Å². The van der Waals surface area contributed by atoms with E-state index in [1.165, 1.54) is 5.56 Å². The predicted octanol–water partition coefficient (Wildman–Crippen LogP) is 3.17. The SMILES string of the molecule is CNCNCCCC(NC(=O)C1CSC2CCCC(=O)N21)C1(CCC(=O)NC)SCCS1.Cc1ccccc1. The lowest BCUT2D eigenvalue weighted by atomic mass is 10.0. The molecular weight excluding hydrogens is 551 g/mol. The van der Waals surface area contributed by atoms with Crippen LogP contribution in [0, 0.1) is 6.92 Å². The molecule has 3 atom stereocenters. The van der Waals surface area contributed by atoms with Gasteiger partial charge >= 0.3 is 0 Å². The number of nitrogens with one attached hydrogen (secondary N) is 4. The Hall–Kier alpha value is -1.40. The van der Waals surface area contributed by atoms with Crippen LogP contribution in [0.2, 0.25) is 0 Å². The van der Waals surface area contributed by atoms with E-state index in [0.717, 1.165) is 56.8 Å². The fourth-order valence-corrected chi connectivity index (χ4v) is 10.0. The maximum atomic E-state index is 13.4. The zero-order chi connectivity index (χ0) is 28.1. The zero-order valence-electron chi connectivity index (χ0n) is 23.5. The first-order valence-electron chi connectivity index (χ1n) is 14.0. The van der Waals surface area contributed by atoms with Crippen molar-refractivity contribution >= 4 is 53.0 Å². The number of carbonyl (C=O) groups excluding carboxylic acids is 3. The number of thioether (sulfide) groups is 3. The first-order valence-corrected chi connectivity index (χ1v) is 17.0. The molecule has 0 aromatic heterocycles. The van der Waals surface area contributed by atoms with Crippen LogP contribution in [0.5, 0.6) is 0 Å². The van der Waals surface area contributed by atoms with Gasteiger partial charge in [0.1, 0.15) is 6.04 Å². The number of rotatable bonds is 12. The molecule has 3 saturated heterocycles. The maximum Gasteiger partial charge on any atom is 0.244 e. The zero-order valence-corrected chi connectivity index (χ0v) is 26.0. The Morgan fingerprint density at radius 2 is 1.90 bits per heavy atom. The molecule has 3 fully saturated rings. The summed E-state index contributed by atoms with van der Waals surface area (Å²) in [6.45, 7) is 3.69. The summed E-state index contributed by atoms with van der Waals surface area (Å²) in [6, 6.07) is 9.84. The molecule has 0 radical (unpaired) electrons. The molecule has 3 aliphatic rings. The molecule has 3 unspecified atom stereocenters. The van der Waals surface area contributed by atoms with Gasteiger partial charge in [-0.3, -0.25) is 14.4 Å². The molecular formula is C28H45N5O3S3. The van der Waals surface area contributed by atoms with Crippen molar-refractivity contribution in [3.8, 4) is 0 Å². The fourth-order valence-electron chi connectivity index (χ4n) is 5.13. The molecule has 4 N–H and O–H groups in total. The van der Waals surface area contributed by atoms with E-state index in [2.05, 4.69) is 40.3 Å². The average molecular weight is 596 g/mol. The summed E-state index contributed by atoms with van der Waals surface area (Å²) >= 11 is 5.49. The number of piperidine rings is 1. The van der Waals surface area contributed by atoms with Crippen LogP contribution in [0.3, 0.4) is 0 Å². The average Bonchev–Trinajstić information content (AvgIpc) is 3.61. The topological polar surface area (TPSA) is 103 Å². The monoisotopic (exact) mass is 595 g/mol. The highest BCUT2D eigenvalue weighted by Crippen LogP contribution is 2.50. The Morgan fingerprint density at radius 1 is 1.15 bits per heavy atom. The molecule has 3 aliphatic heterocycles. The van der Waals surface area contributed by atoms with Gasteiger partial charge in [-0.05, 0) is 52.6 Å². The van der Waals surface area contributed by atoms with Crippen LogP contribution in [0.4, 0.5) is 0 Å². The normalized spacial score (nSPS) is 22.4. The molecule has 1 aromatic rings. The summed E-state index contributed by atoms with van der Waals surface area (Å²) in [5, 5.41) is 12.7. The van der Waals surface area contributed by atoms with Crippen LogP contribution in [0.25, 0.3) is 0 Å². The van der Waals surface area contributed by atoms with E-state index in [-0.39, 0.29) is 39.3 Å². The predicted molar refractivity (Wildman–Crippen MR) is 166 cm³/mol. The van der Waals surface area contributed by atoms with Gasteiger partial charge in [0.2, 0.25) is 17.7 Å². The second kappa shape index (κ2) is 16.8. The standard InChI is InChI=1S/C21H37N5O3S3.C7H8/c1-22-14-24-10-4-5-16(21(31-11-12-32-21)9-8-17(27)23-2)25-20(29)15-13-30-19-7-3-6-18(28)26(15)19;1-7-5-3-2-4-6-7/h15-16,19,22,24H,3-14H2,1-2H3,(H,23,27)(H,25,29);2-6H,1H3. The number of hydrogen-bond donors (Lipinski definition) is 4. The molecule has 4 rings (SSSR count). The summed E-state index contributed by atoms with van der Waals surface area (Å²) < 4.78 is -0.206. The molecule has 0 bridgehead atoms. The molecule has 39 heavy (non-hydrogen) atoms. The van der Waals surface area contributed by atoms with Crippen LogP contribution >= 0.6 is 35.3 Å². The molecule has 0 saturated carbocycles. The van der Waals surface area contributed by atoms with Gasteiger partial charge in [-0.1, -0.05) is 35.9 Å². The molecule has 3 heterocycles. The van der Waals surface area contributed by atoms with Crippen molar-refractivity contribution in [3.05, 3.63) is 35.9 Å². The van der Waals surface area contributed by atoms with Crippen LogP contribution in [-0.4, -0.2) is 88.7 Å². The second-order valence-corrected chi connectivity index (χ2v) is 14.4. The molecule has 0 aliphatic carbocycles. The first-order chi connectivity index (χ1) is 18.9. The minimum atomic E-state index is -0.380. The number of fused-ring (bicyclic) bond motifs is 1. The molecule has 8 nitrogen and oxygen atoms in total. The Kier molecular flexibility index (Phi) is 13.8. The number of amides is 3. The van der Waals surface area contributed by atoms with Gasteiger partial charge in [-0.2, -0.15) is 0 Å². The minimum absolute atomic E-state index is 0.0316. The maximum absolute atomic E-state index is 13.4. The highest BCUT2D eigenvalue weighted by Gasteiger charge is 2.47.